The molecule has 0 amide bonds. The number of Topliss-reactive ketones (excluding diaryl/α,β-unsaturated/α-hetero) is 1. The van der Waals surface area contributed by atoms with Crippen molar-refractivity contribution in [1.82, 2.24) is 10.3 Å². The van der Waals surface area contributed by atoms with Gasteiger partial charge in [0, 0.05) is 29.5 Å². The van der Waals surface area contributed by atoms with E-state index >= 15 is 0 Å². The van der Waals surface area contributed by atoms with Crippen molar-refractivity contribution in [3.8, 4) is 0 Å². The van der Waals surface area contributed by atoms with Crippen LogP contribution in [0.3, 0.4) is 0 Å². The lowest BCUT2D eigenvalue weighted by Crippen LogP contribution is -2.30. The van der Waals surface area contributed by atoms with Gasteiger partial charge in [0.2, 0.25) is 0 Å². The number of halogens is 1. The molecule has 0 saturated heterocycles. The molecule has 5 nitrogen and oxygen atoms in total. The van der Waals surface area contributed by atoms with Crippen LogP contribution in [0.25, 0.3) is 16.5 Å². The number of ether oxygens (including phenoxy) is 1. The molecule has 0 bridgehead atoms. The summed E-state index contributed by atoms with van der Waals surface area (Å²) in [6.45, 7) is 3.87. The fraction of sp³-hybridized carbons (Fsp3) is 0.464. The predicted molar refractivity (Wildman–Crippen MR) is 128 cm³/mol. The summed E-state index contributed by atoms with van der Waals surface area (Å²) in [5, 5.41) is 4.58. The Morgan fingerprint density at radius 1 is 1.21 bits per heavy atom. The number of esters is 1. The number of cyclic esters (lactones) is 1. The Kier molecular flexibility index (Phi) is 4.99. The minimum absolute atomic E-state index is 0.0525. The van der Waals surface area contributed by atoms with E-state index in [-0.39, 0.29) is 36.1 Å². The molecule has 2 heterocycles. The van der Waals surface area contributed by atoms with Crippen LogP contribution >= 0.6 is 0 Å². The molecule has 1 N–H and O–H groups in total. The van der Waals surface area contributed by atoms with E-state index in [0.29, 0.717) is 23.9 Å². The van der Waals surface area contributed by atoms with E-state index in [2.05, 4.69) is 11.4 Å². The standard InChI is InChI=1S/C28H29FN2O3/c1-4-15-18-10-17-14(5-8-24(32)20(18)12-34-28(15)33)9-19-26-22(30-3)7-6-16-13(2)21(29)11-23(25(16)26)31-27(17)19/h10-11,14-15,22,30H,4-9,12H2,1-3H3/b17-10+/t14?,15-,22+/m1/s1. The summed E-state index contributed by atoms with van der Waals surface area (Å²) in [7, 11) is 1.98. The molecule has 0 fully saturated rings. The van der Waals surface area contributed by atoms with E-state index in [9.17, 15) is 14.0 Å². The quantitative estimate of drug-likeness (QED) is 0.659. The highest BCUT2D eigenvalue weighted by atomic mass is 19.1. The molecule has 3 atom stereocenters. The molecule has 0 saturated carbocycles. The second-order valence-corrected chi connectivity index (χ2v) is 10.1. The maximum atomic E-state index is 14.9. The molecule has 1 aromatic carbocycles. The number of hydrogen-bond donors (Lipinski definition) is 1. The fourth-order valence-corrected chi connectivity index (χ4v) is 6.60. The van der Waals surface area contributed by atoms with Gasteiger partial charge in [0.1, 0.15) is 12.4 Å². The molecular formula is C28H29FN2O3. The molecule has 1 unspecified atom stereocenters. The molecule has 6 heteroatoms. The first kappa shape index (κ1) is 21.7. The summed E-state index contributed by atoms with van der Waals surface area (Å²) in [6.07, 6.45) is 6.39. The van der Waals surface area contributed by atoms with Crippen molar-refractivity contribution in [3.05, 3.63) is 57.1 Å². The van der Waals surface area contributed by atoms with E-state index in [1.54, 1.807) is 6.07 Å². The van der Waals surface area contributed by atoms with Crippen LogP contribution in [0.2, 0.25) is 0 Å². The summed E-state index contributed by atoms with van der Waals surface area (Å²) in [6, 6.07) is 1.76. The molecule has 1 aliphatic heterocycles. The highest BCUT2D eigenvalue weighted by Gasteiger charge is 2.40. The number of allylic oxidation sites excluding steroid dienone is 2. The second-order valence-electron chi connectivity index (χ2n) is 10.1. The largest absolute Gasteiger partial charge is 0.460 e. The summed E-state index contributed by atoms with van der Waals surface area (Å²) >= 11 is 0. The van der Waals surface area contributed by atoms with Crippen LogP contribution in [0.15, 0.2) is 23.3 Å². The zero-order chi connectivity index (χ0) is 23.7. The number of carbonyl (C=O) groups excluding carboxylic acids is 2. The molecule has 3 aliphatic carbocycles. The van der Waals surface area contributed by atoms with Gasteiger partial charge in [-0.25, -0.2) is 9.37 Å². The number of ketones is 1. The van der Waals surface area contributed by atoms with Crippen molar-refractivity contribution in [3.63, 3.8) is 0 Å². The first-order valence-corrected chi connectivity index (χ1v) is 12.4. The van der Waals surface area contributed by atoms with Gasteiger partial charge >= 0.3 is 5.97 Å². The first-order valence-electron chi connectivity index (χ1n) is 12.4. The minimum atomic E-state index is -0.432. The second kappa shape index (κ2) is 7.84. The van der Waals surface area contributed by atoms with Crippen LogP contribution in [-0.2, 0) is 27.2 Å². The summed E-state index contributed by atoms with van der Waals surface area (Å²) in [4.78, 5) is 30.6. The van der Waals surface area contributed by atoms with Crippen molar-refractivity contribution < 1.29 is 18.7 Å². The van der Waals surface area contributed by atoms with E-state index in [4.69, 9.17) is 9.72 Å². The van der Waals surface area contributed by atoms with Crippen LogP contribution in [0.5, 0.6) is 0 Å². The van der Waals surface area contributed by atoms with Crippen molar-refractivity contribution >= 4 is 28.2 Å². The van der Waals surface area contributed by atoms with Crippen LogP contribution in [0.4, 0.5) is 4.39 Å². The number of aryl methyl sites for hydroxylation is 1. The number of aromatic nitrogens is 1. The zero-order valence-corrected chi connectivity index (χ0v) is 19.9. The highest BCUT2D eigenvalue weighted by molar-refractivity contribution is 6.01. The van der Waals surface area contributed by atoms with Gasteiger partial charge in [0.05, 0.1) is 17.1 Å². The Labute approximate surface area is 198 Å². The van der Waals surface area contributed by atoms with Gasteiger partial charge < -0.3 is 10.1 Å². The van der Waals surface area contributed by atoms with Crippen LogP contribution in [0.1, 0.15) is 66.6 Å². The van der Waals surface area contributed by atoms with Gasteiger partial charge in [0.15, 0.2) is 5.78 Å². The monoisotopic (exact) mass is 460 g/mol. The normalized spacial score (nSPS) is 27.4. The lowest BCUT2D eigenvalue weighted by Gasteiger charge is -2.29. The predicted octanol–water partition coefficient (Wildman–Crippen LogP) is 4.69. The Morgan fingerprint density at radius 2 is 2.03 bits per heavy atom. The molecule has 2 aromatic rings. The third-order valence-corrected chi connectivity index (χ3v) is 8.43. The van der Waals surface area contributed by atoms with E-state index in [0.717, 1.165) is 59.0 Å². The van der Waals surface area contributed by atoms with Crippen molar-refractivity contribution in [2.45, 2.75) is 58.4 Å². The highest BCUT2D eigenvalue weighted by Crippen LogP contribution is 2.49. The van der Waals surface area contributed by atoms with Gasteiger partial charge in [-0.2, -0.15) is 0 Å². The lowest BCUT2D eigenvalue weighted by atomic mass is 9.81. The summed E-state index contributed by atoms with van der Waals surface area (Å²) < 4.78 is 20.2. The zero-order valence-electron chi connectivity index (χ0n) is 19.9. The van der Waals surface area contributed by atoms with Crippen molar-refractivity contribution in [1.29, 1.82) is 0 Å². The number of nitrogens with zero attached hydrogens (tertiary/aromatic N) is 1. The maximum Gasteiger partial charge on any atom is 0.313 e. The third kappa shape index (κ3) is 2.97. The summed E-state index contributed by atoms with van der Waals surface area (Å²) in [5.41, 5.74) is 8.40. The van der Waals surface area contributed by atoms with Crippen molar-refractivity contribution in [2.75, 3.05) is 13.7 Å². The lowest BCUT2D eigenvalue weighted by molar-refractivity contribution is -0.147. The Morgan fingerprint density at radius 3 is 2.79 bits per heavy atom. The topological polar surface area (TPSA) is 68.3 Å². The molecule has 0 spiro atoms. The number of nitrogens with one attached hydrogen (secondary N) is 1. The van der Waals surface area contributed by atoms with Gasteiger partial charge in [-0.05, 0) is 85.4 Å². The number of pyridine rings is 1. The molecule has 1 aromatic heterocycles. The Balaban J connectivity index is 1.64. The van der Waals surface area contributed by atoms with Gasteiger partial charge in [-0.3, -0.25) is 9.59 Å². The van der Waals surface area contributed by atoms with Crippen molar-refractivity contribution in [2.24, 2.45) is 11.8 Å². The third-order valence-electron chi connectivity index (χ3n) is 8.43. The number of fused-ring (bicyclic) bond motifs is 4. The molecule has 34 heavy (non-hydrogen) atoms. The van der Waals surface area contributed by atoms with E-state index in [1.807, 2.05) is 20.9 Å². The van der Waals surface area contributed by atoms with Gasteiger partial charge in [0.25, 0.3) is 0 Å². The van der Waals surface area contributed by atoms with Crippen LogP contribution in [-0.4, -0.2) is 30.4 Å². The molecule has 176 valence electrons. The Bertz CT molecular complexity index is 1340. The molecule has 0 radical (unpaired) electrons. The number of benzene rings is 1. The maximum absolute atomic E-state index is 14.9. The number of carbonyl (C=O) groups is 2. The molecule has 4 aliphatic rings. The summed E-state index contributed by atoms with van der Waals surface area (Å²) in [5.74, 6) is -0.655. The first-order chi connectivity index (χ1) is 16.4. The molecular weight excluding hydrogens is 431 g/mol. The number of rotatable bonds is 2. The average molecular weight is 461 g/mol. The van der Waals surface area contributed by atoms with Gasteiger partial charge in [-0.1, -0.05) is 13.0 Å². The van der Waals surface area contributed by atoms with E-state index in [1.165, 1.54) is 11.1 Å². The van der Waals surface area contributed by atoms with Gasteiger partial charge in [-0.15, -0.1) is 0 Å². The minimum Gasteiger partial charge on any atom is -0.460 e. The van der Waals surface area contributed by atoms with Crippen LogP contribution in [0, 0.1) is 24.6 Å². The van der Waals surface area contributed by atoms with Crippen LogP contribution < -0.4 is 5.32 Å². The average Bonchev–Trinajstić information content (AvgIpc) is 3.16. The smallest absolute Gasteiger partial charge is 0.313 e. The van der Waals surface area contributed by atoms with E-state index < -0.39 is 5.92 Å². The Hall–Kier alpha value is -2.86. The SMILES string of the molecule is CC[C@H]1C(=O)OCC2=C1/C=C1/c3nc4cc(F)c(C)c5c4c(c3CC1CCC2=O)[C@@H](NC)CC5. The molecule has 6 rings (SSSR count). The fourth-order valence-electron chi connectivity index (χ4n) is 6.60. The number of hydrogen-bond acceptors (Lipinski definition) is 5.